The monoisotopic (exact) mass is 744 g/mol. The van der Waals surface area contributed by atoms with Gasteiger partial charge >= 0.3 is 0 Å². The van der Waals surface area contributed by atoms with Gasteiger partial charge in [-0.1, -0.05) is 132 Å². The fraction of sp³-hybridized carbons (Fsp3) is 0.333. The lowest BCUT2D eigenvalue weighted by Crippen LogP contribution is -2.19. The van der Waals surface area contributed by atoms with Crippen molar-refractivity contribution >= 4 is 57.8 Å². The topological polar surface area (TPSA) is 98.2 Å². The summed E-state index contributed by atoms with van der Waals surface area (Å²) in [5.41, 5.74) is 8.58. The third-order valence-corrected chi connectivity index (χ3v) is 9.66. The zero-order valence-electron chi connectivity index (χ0n) is 35.1. The van der Waals surface area contributed by atoms with Gasteiger partial charge in [-0.3, -0.25) is 0 Å². The number of hydrogen-bond acceptors (Lipinski definition) is 6. The van der Waals surface area contributed by atoms with Crippen LogP contribution in [-0.4, -0.2) is 35.0 Å². The summed E-state index contributed by atoms with van der Waals surface area (Å²) < 4.78 is 0. The number of nitrogens with one attached hydrogen (secondary N) is 2. The summed E-state index contributed by atoms with van der Waals surface area (Å²) >= 11 is 0. The number of benzene rings is 4. The van der Waals surface area contributed by atoms with Gasteiger partial charge in [0.15, 0.2) is 35.0 Å². The van der Waals surface area contributed by atoms with Gasteiger partial charge in [0.2, 0.25) is 0 Å². The fourth-order valence-corrected chi connectivity index (χ4v) is 6.02. The first-order valence-corrected chi connectivity index (χ1v) is 19.4. The van der Waals surface area contributed by atoms with Crippen molar-refractivity contribution in [3.8, 4) is 0 Å². The molecule has 288 valence electrons. The number of nitrogens with zero attached hydrogens (tertiary/aromatic N) is 6. The Balaban J connectivity index is 1.31. The first kappa shape index (κ1) is 39.9. The van der Waals surface area contributed by atoms with E-state index in [1.165, 1.54) is 22.3 Å². The molecule has 2 N–H and O–H groups in total. The second-order valence-corrected chi connectivity index (χ2v) is 18.6. The molecule has 0 saturated heterocycles. The van der Waals surface area contributed by atoms with Crippen LogP contribution in [0.3, 0.4) is 0 Å². The van der Waals surface area contributed by atoms with Gasteiger partial charge in [-0.05, 0) is 105 Å². The van der Waals surface area contributed by atoms with Crippen molar-refractivity contribution in [3.63, 3.8) is 0 Å². The number of amidine groups is 6. The van der Waals surface area contributed by atoms with E-state index in [4.69, 9.17) is 30.0 Å². The van der Waals surface area contributed by atoms with Crippen molar-refractivity contribution in [3.05, 3.63) is 131 Å². The fourth-order valence-electron chi connectivity index (χ4n) is 6.02. The molecule has 2 aliphatic rings. The maximum Gasteiger partial charge on any atom is 0.198 e. The standard InChI is InChI=1S/C48H56N8/c1-45(2,3)31-13-21-35(22-14-31)49-41-42(50-36-23-15-32(16-24-36)46(4,5)6)54-39(53-41)29-30-40-55-43(51-37-25-17-33(18-26-37)47(7,8)9)44(56-40)52-38-27-19-34(20-28-38)48(10,11)12/h13-30H,1-12H3,(H,49,50,53,54)(H,51,52,55,56)/b30-29+. The van der Waals surface area contributed by atoms with Gasteiger partial charge in [-0.2, -0.15) is 0 Å². The minimum absolute atomic E-state index is 0.0434. The van der Waals surface area contributed by atoms with Gasteiger partial charge in [0.1, 0.15) is 0 Å². The lowest BCUT2D eigenvalue weighted by molar-refractivity contribution is 0.590. The molecule has 0 fully saturated rings. The zero-order chi connectivity index (χ0) is 40.5. The predicted molar refractivity (Wildman–Crippen MR) is 241 cm³/mol. The molecule has 8 heteroatoms. The molecule has 8 nitrogen and oxygen atoms in total. The van der Waals surface area contributed by atoms with Crippen molar-refractivity contribution in [2.45, 2.75) is 105 Å². The summed E-state index contributed by atoms with van der Waals surface area (Å²) in [6, 6.07) is 33.4. The quantitative estimate of drug-likeness (QED) is 0.205. The summed E-state index contributed by atoms with van der Waals surface area (Å²) in [5.74, 6) is 3.08. The minimum atomic E-state index is 0.0434. The van der Waals surface area contributed by atoms with Crippen LogP contribution < -0.4 is 10.6 Å². The second kappa shape index (κ2) is 15.4. The molecule has 0 atom stereocenters. The maximum absolute atomic E-state index is 4.92. The summed E-state index contributed by atoms with van der Waals surface area (Å²) in [5, 5.41) is 6.92. The Morgan fingerprint density at radius 2 is 0.643 bits per heavy atom. The van der Waals surface area contributed by atoms with E-state index in [1.54, 1.807) is 0 Å². The Morgan fingerprint density at radius 3 is 0.911 bits per heavy atom. The third kappa shape index (κ3) is 10.1. The van der Waals surface area contributed by atoms with Gasteiger partial charge < -0.3 is 10.6 Å². The van der Waals surface area contributed by atoms with Crippen LogP contribution in [0, 0.1) is 0 Å². The highest BCUT2D eigenvalue weighted by Gasteiger charge is 2.22. The second-order valence-electron chi connectivity index (χ2n) is 18.6. The Hall–Kier alpha value is -5.76. The molecule has 0 saturated carbocycles. The SMILES string of the molecule is CC(C)(C)c1ccc(N=C2N=C(/C=C/C3=NC(=Nc4ccc(C(C)(C)C)cc4)C(Nc4ccc(C(C)(C)C)cc4)=N3)N=C2Nc2ccc(C(C)(C)C)cc2)cc1. The van der Waals surface area contributed by atoms with Gasteiger partial charge in [-0.25, -0.2) is 30.0 Å². The molecule has 4 aromatic carbocycles. The number of anilines is 2. The first-order chi connectivity index (χ1) is 26.2. The third-order valence-electron chi connectivity index (χ3n) is 9.66. The lowest BCUT2D eigenvalue weighted by atomic mass is 9.87. The molecule has 0 radical (unpaired) electrons. The molecule has 2 aliphatic heterocycles. The summed E-state index contributed by atoms with van der Waals surface area (Å²) in [4.78, 5) is 29.3. The van der Waals surface area contributed by atoms with Crippen LogP contribution in [0.5, 0.6) is 0 Å². The maximum atomic E-state index is 4.92. The van der Waals surface area contributed by atoms with Crippen molar-refractivity contribution < 1.29 is 0 Å². The Bertz CT molecular complexity index is 2110. The molecular formula is C48H56N8. The van der Waals surface area contributed by atoms with Crippen LogP contribution in [0.25, 0.3) is 0 Å². The molecule has 4 aromatic rings. The van der Waals surface area contributed by atoms with E-state index in [-0.39, 0.29) is 21.7 Å². The Labute approximate surface area is 333 Å². The van der Waals surface area contributed by atoms with Gasteiger partial charge in [0, 0.05) is 11.4 Å². The molecule has 6 rings (SSSR count). The molecule has 56 heavy (non-hydrogen) atoms. The highest BCUT2D eigenvalue weighted by atomic mass is 15.2. The summed E-state index contributed by atoms with van der Waals surface area (Å²) in [6.45, 7) is 26.5. The van der Waals surface area contributed by atoms with Gasteiger partial charge in [-0.15, -0.1) is 0 Å². The van der Waals surface area contributed by atoms with Crippen molar-refractivity contribution in [1.82, 2.24) is 0 Å². The Kier molecular flexibility index (Phi) is 11.0. The molecule has 2 heterocycles. The number of rotatable bonds is 6. The van der Waals surface area contributed by atoms with E-state index in [1.807, 2.05) is 36.4 Å². The van der Waals surface area contributed by atoms with E-state index < -0.39 is 0 Å². The zero-order valence-corrected chi connectivity index (χ0v) is 35.1. The van der Waals surface area contributed by atoms with E-state index in [0.29, 0.717) is 35.0 Å². The van der Waals surface area contributed by atoms with Crippen LogP contribution in [0.15, 0.2) is 139 Å². The van der Waals surface area contributed by atoms with Crippen LogP contribution in [0.2, 0.25) is 0 Å². The Morgan fingerprint density at radius 1 is 0.375 bits per heavy atom. The summed E-state index contributed by atoms with van der Waals surface area (Å²) in [7, 11) is 0. The molecule has 0 aromatic heterocycles. The lowest BCUT2D eigenvalue weighted by Gasteiger charge is -2.19. The number of aliphatic imine (C=N–C) groups is 6. The molecule has 0 unspecified atom stereocenters. The van der Waals surface area contributed by atoms with Crippen LogP contribution in [0.1, 0.15) is 105 Å². The summed E-state index contributed by atoms with van der Waals surface area (Å²) in [6.07, 6.45) is 3.63. The highest BCUT2D eigenvalue weighted by molar-refractivity contribution is 6.52. The van der Waals surface area contributed by atoms with E-state index in [2.05, 4.69) is 167 Å². The first-order valence-electron chi connectivity index (χ1n) is 19.4. The highest BCUT2D eigenvalue weighted by Crippen LogP contribution is 2.28. The molecular weight excluding hydrogens is 689 g/mol. The molecule has 0 amide bonds. The number of hydrogen-bond donors (Lipinski definition) is 2. The van der Waals surface area contributed by atoms with E-state index in [9.17, 15) is 0 Å². The average Bonchev–Trinajstić information content (AvgIpc) is 3.68. The van der Waals surface area contributed by atoms with Crippen LogP contribution in [0.4, 0.5) is 22.7 Å². The molecule has 0 spiro atoms. The largest absolute Gasteiger partial charge is 0.337 e. The van der Waals surface area contributed by atoms with Gasteiger partial charge in [0.05, 0.1) is 11.4 Å². The smallest absolute Gasteiger partial charge is 0.198 e. The van der Waals surface area contributed by atoms with Crippen molar-refractivity contribution in [1.29, 1.82) is 0 Å². The predicted octanol–water partition coefficient (Wildman–Crippen LogP) is 12.0. The van der Waals surface area contributed by atoms with Crippen molar-refractivity contribution in [2.75, 3.05) is 10.6 Å². The minimum Gasteiger partial charge on any atom is -0.337 e. The van der Waals surface area contributed by atoms with Crippen LogP contribution >= 0.6 is 0 Å². The van der Waals surface area contributed by atoms with Crippen LogP contribution in [-0.2, 0) is 21.7 Å². The molecule has 0 bridgehead atoms. The van der Waals surface area contributed by atoms with Crippen molar-refractivity contribution in [2.24, 2.45) is 30.0 Å². The van der Waals surface area contributed by atoms with Gasteiger partial charge in [0.25, 0.3) is 0 Å². The van der Waals surface area contributed by atoms with E-state index in [0.717, 1.165) is 22.7 Å². The normalized spacial score (nSPS) is 16.6. The molecule has 0 aliphatic carbocycles. The van der Waals surface area contributed by atoms with E-state index >= 15 is 0 Å². The average molecular weight is 745 g/mol.